The van der Waals surface area contributed by atoms with Crippen LogP contribution in [0.25, 0.3) is 6.08 Å². The lowest BCUT2D eigenvalue weighted by Crippen LogP contribution is -2.28. The molecule has 5 rings (SSSR count). The Morgan fingerprint density at radius 1 is 1.05 bits per heavy atom. The third kappa shape index (κ3) is 7.62. The molecule has 2 heterocycles. The first-order chi connectivity index (χ1) is 19.9. The first-order valence-corrected chi connectivity index (χ1v) is 14.2. The van der Waals surface area contributed by atoms with E-state index in [0.717, 1.165) is 15.6 Å². The predicted octanol–water partition coefficient (Wildman–Crippen LogP) is 6.87. The molecule has 10 heteroatoms. The van der Waals surface area contributed by atoms with Gasteiger partial charge in [0.15, 0.2) is 11.8 Å². The molecule has 1 aliphatic heterocycles. The second-order valence-electron chi connectivity index (χ2n) is 9.00. The number of nitrogens with zero attached hydrogens (tertiary/aromatic N) is 3. The van der Waals surface area contributed by atoms with Gasteiger partial charge in [-0.25, -0.2) is 0 Å². The highest BCUT2D eigenvalue weighted by Crippen LogP contribution is 2.35. The van der Waals surface area contributed by atoms with Crippen LogP contribution in [0.2, 0.25) is 0 Å². The van der Waals surface area contributed by atoms with E-state index in [0.29, 0.717) is 32.8 Å². The smallest absolute Gasteiger partial charge is 0.267 e. The summed E-state index contributed by atoms with van der Waals surface area (Å²) < 4.78 is 12.3. The van der Waals surface area contributed by atoms with E-state index in [4.69, 9.17) is 9.15 Å². The van der Waals surface area contributed by atoms with Gasteiger partial charge in [-0.05, 0) is 72.8 Å². The minimum absolute atomic E-state index is 0.183. The number of para-hydroxylation sites is 1. The van der Waals surface area contributed by atoms with Crippen molar-refractivity contribution in [2.45, 2.75) is 13.5 Å². The highest BCUT2D eigenvalue weighted by Gasteiger charge is 2.34. The van der Waals surface area contributed by atoms with E-state index in [1.54, 1.807) is 36.8 Å². The molecule has 0 saturated carbocycles. The Balaban J connectivity index is 1.33. The molecule has 0 aliphatic carbocycles. The number of amides is 2. The van der Waals surface area contributed by atoms with Crippen LogP contribution in [0.5, 0.6) is 5.75 Å². The lowest BCUT2D eigenvalue weighted by Gasteiger charge is -2.12. The average Bonchev–Trinajstić information content (AvgIpc) is 3.59. The van der Waals surface area contributed by atoms with Gasteiger partial charge >= 0.3 is 0 Å². The molecule has 0 unspecified atom stereocenters. The topological polar surface area (TPSA) is 96.5 Å². The number of hydrogen-bond donors (Lipinski definition) is 1. The van der Waals surface area contributed by atoms with Crippen molar-refractivity contribution in [2.75, 3.05) is 11.9 Å². The van der Waals surface area contributed by atoms with Gasteiger partial charge in [0.05, 0.1) is 23.9 Å². The number of rotatable bonds is 9. The zero-order valence-electron chi connectivity index (χ0n) is 22.0. The number of benzene rings is 3. The fourth-order valence-corrected chi connectivity index (χ4v) is 5.01. The first kappa shape index (κ1) is 28.1. The number of anilines is 1. The van der Waals surface area contributed by atoms with Gasteiger partial charge in [0.25, 0.3) is 11.8 Å². The summed E-state index contributed by atoms with van der Waals surface area (Å²) in [6.45, 7) is 2.01. The van der Waals surface area contributed by atoms with Gasteiger partial charge in [0.1, 0.15) is 11.5 Å². The molecule has 1 saturated heterocycles. The van der Waals surface area contributed by atoms with E-state index in [1.165, 1.54) is 16.7 Å². The number of ether oxygens (including phenoxy) is 1. The normalized spacial score (nSPS) is 15.3. The van der Waals surface area contributed by atoms with Gasteiger partial charge in [-0.15, -0.1) is 5.10 Å². The SMILES string of the molecule is Cc1ccc(NC(=O)COc2ccccc2/C=C2\S/C(=N/N=C\c3ccc(Br)cc3)N(Cc3ccco3)C2=O)cc1. The second kappa shape index (κ2) is 13.3. The molecule has 0 radical (unpaired) electrons. The van der Waals surface area contributed by atoms with Crippen molar-refractivity contribution >= 4 is 62.7 Å². The van der Waals surface area contributed by atoms with Gasteiger partial charge in [-0.2, -0.15) is 5.10 Å². The van der Waals surface area contributed by atoms with Crippen LogP contribution in [-0.2, 0) is 16.1 Å². The van der Waals surface area contributed by atoms with Crippen molar-refractivity contribution < 1.29 is 18.7 Å². The number of nitrogens with one attached hydrogen (secondary N) is 1. The molecule has 1 N–H and O–H groups in total. The summed E-state index contributed by atoms with van der Waals surface area (Å²) in [5.41, 5.74) is 3.33. The molecule has 0 spiro atoms. The Morgan fingerprint density at radius 3 is 2.59 bits per heavy atom. The maximum absolute atomic E-state index is 13.5. The van der Waals surface area contributed by atoms with Gasteiger partial charge in [0.2, 0.25) is 0 Å². The highest BCUT2D eigenvalue weighted by atomic mass is 79.9. The van der Waals surface area contributed by atoms with Crippen LogP contribution in [-0.4, -0.2) is 34.7 Å². The molecule has 0 atom stereocenters. The molecule has 3 aromatic carbocycles. The van der Waals surface area contributed by atoms with Crippen molar-refractivity contribution in [3.63, 3.8) is 0 Å². The molecule has 1 fully saturated rings. The van der Waals surface area contributed by atoms with Crippen molar-refractivity contribution in [2.24, 2.45) is 10.2 Å². The van der Waals surface area contributed by atoms with E-state index in [-0.39, 0.29) is 25.0 Å². The fourth-order valence-electron chi connectivity index (χ4n) is 3.82. The van der Waals surface area contributed by atoms with Gasteiger partial charge in [0, 0.05) is 15.7 Å². The molecule has 4 aromatic rings. The number of furan rings is 1. The van der Waals surface area contributed by atoms with Crippen LogP contribution in [0, 0.1) is 6.92 Å². The van der Waals surface area contributed by atoms with E-state index >= 15 is 0 Å². The maximum Gasteiger partial charge on any atom is 0.267 e. The number of aryl methyl sites for hydroxylation is 1. The third-order valence-corrected chi connectivity index (χ3v) is 7.43. The quantitative estimate of drug-likeness (QED) is 0.124. The number of halogens is 1. The molecular formula is C31H25BrN4O4S. The molecular weight excluding hydrogens is 604 g/mol. The molecule has 206 valence electrons. The second-order valence-corrected chi connectivity index (χ2v) is 10.9. The minimum atomic E-state index is -0.287. The van der Waals surface area contributed by atoms with Gasteiger partial charge in [-0.1, -0.05) is 64.0 Å². The summed E-state index contributed by atoms with van der Waals surface area (Å²) in [5.74, 6) is 0.568. The van der Waals surface area contributed by atoms with Crippen molar-refractivity contribution in [1.29, 1.82) is 0 Å². The van der Waals surface area contributed by atoms with Crippen LogP contribution in [0.4, 0.5) is 5.69 Å². The van der Waals surface area contributed by atoms with Crippen LogP contribution in [0.3, 0.4) is 0 Å². The Kier molecular flexibility index (Phi) is 9.12. The summed E-state index contributed by atoms with van der Waals surface area (Å²) >= 11 is 4.62. The zero-order valence-corrected chi connectivity index (χ0v) is 24.4. The first-order valence-electron chi connectivity index (χ1n) is 12.6. The number of carbonyl (C=O) groups excluding carboxylic acids is 2. The molecule has 0 bridgehead atoms. The van der Waals surface area contributed by atoms with Crippen LogP contribution >= 0.6 is 27.7 Å². The average molecular weight is 630 g/mol. The molecule has 2 amide bonds. The Hall–Kier alpha value is -4.41. The number of hydrogen-bond acceptors (Lipinski definition) is 7. The monoisotopic (exact) mass is 628 g/mol. The van der Waals surface area contributed by atoms with Gasteiger partial charge in [-0.3, -0.25) is 14.5 Å². The van der Waals surface area contributed by atoms with Crippen LogP contribution in [0.1, 0.15) is 22.5 Å². The van der Waals surface area contributed by atoms with E-state index in [2.05, 4.69) is 31.4 Å². The van der Waals surface area contributed by atoms with Crippen molar-refractivity contribution in [3.8, 4) is 5.75 Å². The standard InChI is InChI=1S/C31H25BrN4O4S/c1-21-8-14-25(15-9-21)34-29(37)20-40-27-7-3-2-5-23(27)17-28-30(38)36(19-26-6-4-16-39-26)31(41-28)35-33-18-22-10-12-24(32)13-11-22/h2-18H,19-20H2,1H3,(H,34,37)/b28-17-,33-18-,35-31+. The summed E-state index contributed by atoms with van der Waals surface area (Å²) in [4.78, 5) is 27.9. The largest absolute Gasteiger partial charge is 0.483 e. The summed E-state index contributed by atoms with van der Waals surface area (Å²) in [6, 6.07) is 26.0. The molecule has 1 aromatic heterocycles. The lowest BCUT2D eigenvalue weighted by molar-refractivity contribution is -0.122. The molecule has 41 heavy (non-hydrogen) atoms. The summed E-state index contributed by atoms with van der Waals surface area (Å²) in [5, 5.41) is 11.8. The molecule has 8 nitrogen and oxygen atoms in total. The summed E-state index contributed by atoms with van der Waals surface area (Å²) in [7, 11) is 0. The van der Waals surface area contributed by atoms with Gasteiger partial charge < -0.3 is 14.5 Å². The predicted molar refractivity (Wildman–Crippen MR) is 166 cm³/mol. The van der Waals surface area contributed by atoms with Crippen LogP contribution < -0.4 is 10.1 Å². The maximum atomic E-state index is 13.5. The number of thioether (sulfide) groups is 1. The Bertz CT molecular complexity index is 1610. The number of amidine groups is 1. The van der Waals surface area contributed by atoms with Crippen LogP contribution in [0.15, 0.2) is 115 Å². The van der Waals surface area contributed by atoms with Crippen molar-refractivity contribution in [3.05, 3.63) is 123 Å². The van der Waals surface area contributed by atoms with E-state index < -0.39 is 0 Å². The van der Waals surface area contributed by atoms with Crippen molar-refractivity contribution in [1.82, 2.24) is 4.90 Å². The Labute approximate surface area is 249 Å². The fraction of sp³-hybridized carbons (Fsp3) is 0.0968. The van der Waals surface area contributed by atoms with E-state index in [9.17, 15) is 9.59 Å². The zero-order chi connectivity index (χ0) is 28.6. The lowest BCUT2D eigenvalue weighted by atomic mass is 10.2. The Morgan fingerprint density at radius 2 is 1.83 bits per heavy atom. The number of carbonyl (C=O) groups is 2. The minimum Gasteiger partial charge on any atom is -0.483 e. The highest BCUT2D eigenvalue weighted by molar-refractivity contribution is 9.10. The molecule has 1 aliphatic rings. The van der Waals surface area contributed by atoms with E-state index in [1.807, 2.05) is 73.7 Å². The third-order valence-electron chi connectivity index (χ3n) is 5.90. The summed E-state index contributed by atoms with van der Waals surface area (Å²) in [6.07, 6.45) is 4.92.